The van der Waals surface area contributed by atoms with Gasteiger partial charge in [0, 0.05) is 36.6 Å². The van der Waals surface area contributed by atoms with Gasteiger partial charge in [0.05, 0.1) is 5.56 Å². The van der Waals surface area contributed by atoms with Crippen molar-refractivity contribution in [2.45, 2.75) is 25.6 Å². The van der Waals surface area contributed by atoms with Gasteiger partial charge in [0.1, 0.15) is 6.04 Å². The van der Waals surface area contributed by atoms with Gasteiger partial charge in [-0.2, -0.15) is 13.2 Å². The number of carbonyl (C=O) groups excluding carboxylic acids is 2. The molecule has 6 nitrogen and oxygen atoms in total. The van der Waals surface area contributed by atoms with Crippen molar-refractivity contribution in [3.8, 4) is 11.1 Å². The lowest BCUT2D eigenvalue weighted by molar-refractivity contribution is -0.137. The monoisotopic (exact) mass is 574 g/mol. The fourth-order valence-corrected chi connectivity index (χ4v) is 4.42. The zero-order valence-corrected chi connectivity index (χ0v) is 23.2. The van der Waals surface area contributed by atoms with Crippen LogP contribution in [0.15, 0.2) is 103 Å². The minimum Gasteiger partial charge on any atom is -0.384 e. The van der Waals surface area contributed by atoms with Gasteiger partial charge in [0.25, 0.3) is 5.91 Å². The van der Waals surface area contributed by atoms with Gasteiger partial charge in [0.15, 0.2) is 0 Å². The lowest BCUT2D eigenvalue weighted by Crippen LogP contribution is -2.39. The molecule has 0 saturated carbocycles. The van der Waals surface area contributed by atoms with E-state index in [0.29, 0.717) is 42.0 Å². The molecule has 0 aliphatic carbocycles. The fraction of sp³-hybridized carbons (Fsp3) is 0.212. The summed E-state index contributed by atoms with van der Waals surface area (Å²) in [5.41, 5.74) is 2.96. The van der Waals surface area contributed by atoms with E-state index in [1.807, 2.05) is 49.4 Å². The molecule has 0 aliphatic heterocycles. The second kappa shape index (κ2) is 14.3. The Bertz CT molecular complexity index is 1460. The maximum Gasteiger partial charge on any atom is 0.416 e. The van der Waals surface area contributed by atoms with Crippen LogP contribution in [0.1, 0.15) is 40.9 Å². The average molecular weight is 575 g/mol. The van der Waals surface area contributed by atoms with Gasteiger partial charge >= 0.3 is 6.18 Å². The third-order valence-corrected chi connectivity index (χ3v) is 6.58. The predicted molar refractivity (Wildman–Crippen MR) is 160 cm³/mol. The molecule has 0 bridgehead atoms. The molecule has 0 fully saturated rings. The molecule has 42 heavy (non-hydrogen) atoms. The zero-order chi connectivity index (χ0) is 30.0. The first kappa shape index (κ1) is 30.3. The van der Waals surface area contributed by atoms with Gasteiger partial charge in [-0.15, -0.1) is 0 Å². The first-order valence-electron chi connectivity index (χ1n) is 13.7. The number of hydrogen-bond donors (Lipinski definition) is 4. The second-order valence-electron chi connectivity index (χ2n) is 9.67. The number of hydrogen-bond acceptors (Lipinski definition) is 4. The summed E-state index contributed by atoms with van der Waals surface area (Å²) in [5, 5.41) is 12.4. The highest BCUT2D eigenvalue weighted by Crippen LogP contribution is 2.32. The molecule has 0 aromatic heterocycles. The van der Waals surface area contributed by atoms with Crippen LogP contribution in [0.4, 0.5) is 24.5 Å². The van der Waals surface area contributed by atoms with Crippen LogP contribution < -0.4 is 21.3 Å². The van der Waals surface area contributed by atoms with Crippen LogP contribution in [0.25, 0.3) is 11.1 Å². The van der Waals surface area contributed by atoms with Crippen LogP contribution in [0.5, 0.6) is 0 Å². The Hall–Kier alpha value is -4.63. The maximum atomic E-state index is 13.1. The Morgan fingerprint density at radius 3 is 2.05 bits per heavy atom. The van der Waals surface area contributed by atoms with Crippen LogP contribution in [0.2, 0.25) is 0 Å². The predicted octanol–water partition coefficient (Wildman–Crippen LogP) is 6.89. The maximum absolute atomic E-state index is 13.1. The molecule has 1 atom stereocenters. The number of benzene rings is 4. The summed E-state index contributed by atoms with van der Waals surface area (Å²) in [5.74, 6) is -0.438. The summed E-state index contributed by atoms with van der Waals surface area (Å²) in [7, 11) is 0. The van der Waals surface area contributed by atoms with E-state index in [4.69, 9.17) is 0 Å². The van der Waals surface area contributed by atoms with Crippen LogP contribution in [0.3, 0.4) is 0 Å². The summed E-state index contributed by atoms with van der Waals surface area (Å²) < 4.78 is 38.9. The summed E-state index contributed by atoms with van der Waals surface area (Å²) in [6, 6.07) is 27.8. The van der Waals surface area contributed by atoms with E-state index in [1.54, 1.807) is 36.4 Å². The van der Waals surface area contributed by atoms with E-state index in [2.05, 4.69) is 21.3 Å². The van der Waals surface area contributed by atoms with Gasteiger partial charge in [-0.1, -0.05) is 67.6 Å². The topological polar surface area (TPSA) is 82.3 Å². The largest absolute Gasteiger partial charge is 0.416 e. The van der Waals surface area contributed by atoms with E-state index < -0.39 is 17.8 Å². The van der Waals surface area contributed by atoms with Crippen molar-refractivity contribution in [3.05, 3.63) is 120 Å². The molecular formula is C33H33F3N4O2. The van der Waals surface area contributed by atoms with Crippen molar-refractivity contribution >= 4 is 23.2 Å². The lowest BCUT2D eigenvalue weighted by atomic mass is 9.98. The molecule has 9 heteroatoms. The number of amides is 2. The van der Waals surface area contributed by atoms with Gasteiger partial charge < -0.3 is 21.3 Å². The van der Waals surface area contributed by atoms with Crippen molar-refractivity contribution in [3.63, 3.8) is 0 Å². The molecule has 1 unspecified atom stereocenters. The van der Waals surface area contributed by atoms with Crippen LogP contribution >= 0.6 is 0 Å². The molecule has 0 radical (unpaired) electrons. The van der Waals surface area contributed by atoms with Crippen LogP contribution in [0, 0.1) is 0 Å². The van der Waals surface area contributed by atoms with Gasteiger partial charge in [-0.3, -0.25) is 9.59 Å². The molecule has 218 valence electrons. The van der Waals surface area contributed by atoms with Crippen molar-refractivity contribution in [1.82, 2.24) is 10.6 Å². The summed E-state index contributed by atoms with van der Waals surface area (Å²) >= 11 is 0. The average Bonchev–Trinajstić information content (AvgIpc) is 3.00. The van der Waals surface area contributed by atoms with Crippen molar-refractivity contribution < 1.29 is 22.8 Å². The number of carbonyl (C=O) groups is 2. The Balaban J connectivity index is 1.33. The van der Waals surface area contributed by atoms with Gasteiger partial charge in [0.2, 0.25) is 5.91 Å². The number of alkyl halides is 3. The van der Waals surface area contributed by atoms with E-state index in [-0.39, 0.29) is 11.8 Å². The molecule has 0 spiro atoms. The minimum absolute atomic E-state index is 0.0666. The SMILES string of the molecule is CCCNC(=O)C(NCCNc1ccc(NC(=O)c2ccccc2-c2ccc(C(F)(F)F)cc2)cc1)c1ccccc1. The summed E-state index contributed by atoms with van der Waals surface area (Å²) in [6.07, 6.45) is -3.57. The van der Waals surface area contributed by atoms with Gasteiger partial charge in [-0.05, 0) is 65.6 Å². The Morgan fingerprint density at radius 1 is 0.738 bits per heavy atom. The van der Waals surface area contributed by atoms with E-state index in [1.165, 1.54) is 12.1 Å². The van der Waals surface area contributed by atoms with Gasteiger partial charge in [-0.25, -0.2) is 0 Å². The number of halogens is 3. The normalized spacial score (nSPS) is 11.9. The number of rotatable bonds is 12. The highest BCUT2D eigenvalue weighted by Gasteiger charge is 2.30. The Morgan fingerprint density at radius 2 is 1.38 bits per heavy atom. The van der Waals surface area contributed by atoms with Crippen molar-refractivity contribution in [2.24, 2.45) is 0 Å². The molecule has 4 aromatic rings. The second-order valence-corrected chi connectivity index (χ2v) is 9.67. The molecule has 4 N–H and O–H groups in total. The number of nitrogens with one attached hydrogen (secondary N) is 4. The Kier molecular flexibility index (Phi) is 10.3. The third-order valence-electron chi connectivity index (χ3n) is 6.58. The van der Waals surface area contributed by atoms with E-state index in [9.17, 15) is 22.8 Å². The standard InChI is InChI=1S/C33H33F3N4O2/c1-2-20-39-32(42)30(24-8-4-3-5-9-24)38-22-21-37-26-16-18-27(19-17-26)40-31(41)29-11-7-6-10-28(29)23-12-14-25(15-13-23)33(34,35)36/h3-19,30,37-38H,2,20-22H2,1H3,(H,39,42)(H,40,41). The zero-order valence-electron chi connectivity index (χ0n) is 23.2. The minimum atomic E-state index is -4.43. The highest BCUT2D eigenvalue weighted by molar-refractivity contribution is 6.08. The first-order chi connectivity index (χ1) is 20.3. The molecule has 0 aliphatic rings. The molecular weight excluding hydrogens is 541 g/mol. The van der Waals surface area contributed by atoms with Crippen LogP contribution in [-0.2, 0) is 11.0 Å². The fourth-order valence-electron chi connectivity index (χ4n) is 4.42. The van der Waals surface area contributed by atoms with E-state index in [0.717, 1.165) is 29.8 Å². The highest BCUT2D eigenvalue weighted by atomic mass is 19.4. The summed E-state index contributed by atoms with van der Waals surface area (Å²) in [6.45, 7) is 3.73. The van der Waals surface area contributed by atoms with Crippen LogP contribution in [-0.4, -0.2) is 31.4 Å². The van der Waals surface area contributed by atoms with Crippen molar-refractivity contribution in [2.75, 3.05) is 30.3 Å². The lowest BCUT2D eigenvalue weighted by Gasteiger charge is -2.19. The third kappa shape index (κ3) is 8.20. The Labute approximate surface area is 243 Å². The smallest absolute Gasteiger partial charge is 0.384 e. The first-order valence-corrected chi connectivity index (χ1v) is 13.7. The molecule has 0 heterocycles. The molecule has 0 saturated heterocycles. The van der Waals surface area contributed by atoms with Crippen molar-refractivity contribution in [1.29, 1.82) is 0 Å². The molecule has 2 amide bonds. The molecule has 4 aromatic carbocycles. The summed E-state index contributed by atoms with van der Waals surface area (Å²) in [4.78, 5) is 25.8. The van der Waals surface area contributed by atoms with E-state index >= 15 is 0 Å². The molecule has 4 rings (SSSR count). The number of anilines is 2. The quantitative estimate of drug-likeness (QED) is 0.139.